The summed E-state index contributed by atoms with van der Waals surface area (Å²) in [6.07, 6.45) is 2.79. The SMILES string of the molecule is CC(C)(C)Cc1[nH]cnc1-c1ccccc1. The first-order valence-corrected chi connectivity index (χ1v) is 5.64. The van der Waals surface area contributed by atoms with Gasteiger partial charge in [-0.15, -0.1) is 0 Å². The molecule has 0 aliphatic heterocycles. The van der Waals surface area contributed by atoms with Crippen LogP contribution in [0.4, 0.5) is 0 Å². The van der Waals surface area contributed by atoms with Gasteiger partial charge in [0.2, 0.25) is 0 Å². The van der Waals surface area contributed by atoms with Crippen LogP contribution < -0.4 is 0 Å². The van der Waals surface area contributed by atoms with E-state index in [9.17, 15) is 0 Å². The third kappa shape index (κ3) is 2.51. The van der Waals surface area contributed by atoms with Crippen molar-refractivity contribution in [3.8, 4) is 11.3 Å². The lowest BCUT2D eigenvalue weighted by atomic mass is 9.89. The van der Waals surface area contributed by atoms with Crippen molar-refractivity contribution in [1.29, 1.82) is 0 Å². The van der Waals surface area contributed by atoms with Gasteiger partial charge in [0.15, 0.2) is 0 Å². The molecule has 1 N–H and O–H groups in total. The molecule has 2 heteroatoms. The summed E-state index contributed by atoms with van der Waals surface area (Å²) in [4.78, 5) is 7.66. The molecule has 0 unspecified atom stereocenters. The summed E-state index contributed by atoms with van der Waals surface area (Å²) >= 11 is 0. The molecule has 0 fully saturated rings. The van der Waals surface area contributed by atoms with Crippen molar-refractivity contribution in [2.75, 3.05) is 0 Å². The first-order valence-electron chi connectivity index (χ1n) is 5.64. The zero-order valence-electron chi connectivity index (χ0n) is 10.1. The van der Waals surface area contributed by atoms with Crippen LogP contribution in [0.3, 0.4) is 0 Å². The van der Waals surface area contributed by atoms with Crippen molar-refractivity contribution in [3.05, 3.63) is 42.4 Å². The highest BCUT2D eigenvalue weighted by molar-refractivity contribution is 5.61. The lowest BCUT2D eigenvalue weighted by Crippen LogP contribution is -2.10. The number of rotatable bonds is 2. The Kier molecular flexibility index (Phi) is 2.82. The van der Waals surface area contributed by atoms with E-state index in [1.165, 1.54) is 11.3 Å². The molecule has 0 aliphatic carbocycles. The van der Waals surface area contributed by atoms with E-state index in [0.717, 1.165) is 12.1 Å². The fourth-order valence-electron chi connectivity index (χ4n) is 1.83. The van der Waals surface area contributed by atoms with Gasteiger partial charge in [-0.05, 0) is 11.8 Å². The fourth-order valence-corrected chi connectivity index (χ4v) is 1.83. The Morgan fingerprint density at radius 1 is 1.12 bits per heavy atom. The summed E-state index contributed by atoms with van der Waals surface area (Å²) in [6.45, 7) is 6.72. The first kappa shape index (κ1) is 10.9. The molecule has 0 bridgehead atoms. The van der Waals surface area contributed by atoms with Crippen LogP contribution in [0.25, 0.3) is 11.3 Å². The minimum Gasteiger partial charge on any atom is -0.348 e. The van der Waals surface area contributed by atoms with Gasteiger partial charge in [0, 0.05) is 11.3 Å². The third-order valence-electron chi connectivity index (χ3n) is 2.47. The smallest absolute Gasteiger partial charge is 0.0929 e. The maximum absolute atomic E-state index is 4.42. The van der Waals surface area contributed by atoms with Crippen molar-refractivity contribution < 1.29 is 0 Å². The minimum absolute atomic E-state index is 0.274. The van der Waals surface area contributed by atoms with E-state index in [2.05, 4.69) is 42.9 Å². The van der Waals surface area contributed by atoms with E-state index in [-0.39, 0.29) is 5.41 Å². The molecular formula is C14H18N2. The number of hydrogen-bond acceptors (Lipinski definition) is 1. The zero-order valence-corrected chi connectivity index (χ0v) is 10.1. The van der Waals surface area contributed by atoms with E-state index < -0.39 is 0 Å². The van der Waals surface area contributed by atoms with Crippen LogP contribution in [0, 0.1) is 5.41 Å². The number of nitrogens with zero attached hydrogens (tertiary/aromatic N) is 1. The molecule has 0 atom stereocenters. The second kappa shape index (κ2) is 4.12. The maximum atomic E-state index is 4.42. The largest absolute Gasteiger partial charge is 0.348 e. The molecular weight excluding hydrogens is 196 g/mol. The average molecular weight is 214 g/mol. The Morgan fingerprint density at radius 3 is 2.44 bits per heavy atom. The Labute approximate surface area is 96.7 Å². The predicted octanol–water partition coefficient (Wildman–Crippen LogP) is 3.67. The van der Waals surface area contributed by atoms with E-state index >= 15 is 0 Å². The van der Waals surface area contributed by atoms with Crippen LogP contribution in [0.1, 0.15) is 26.5 Å². The minimum atomic E-state index is 0.274. The molecule has 16 heavy (non-hydrogen) atoms. The molecule has 84 valence electrons. The molecule has 1 aromatic carbocycles. The predicted molar refractivity (Wildman–Crippen MR) is 67.2 cm³/mol. The molecule has 0 spiro atoms. The van der Waals surface area contributed by atoms with Gasteiger partial charge >= 0.3 is 0 Å². The molecule has 0 aliphatic rings. The quantitative estimate of drug-likeness (QED) is 0.812. The van der Waals surface area contributed by atoms with Crippen molar-refractivity contribution in [2.24, 2.45) is 5.41 Å². The van der Waals surface area contributed by atoms with Crippen LogP contribution in [-0.2, 0) is 6.42 Å². The summed E-state index contributed by atoms with van der Waals surface area (Å²) in [6, 6.07) is 10.3. The van der Waals surface area contributed by atoms with Crippen molar-refractivity contribution in [1.82, 2.24) is 9.97 Å². The summed E-state index contributed by atoms with van der Waals surface area (Å²) in [5, 5.41) is 0. The standard InChI is InChI=1S/C14H18N2/c1-14(2,3)9-12-13(16-10-15-12)11-7-5-4-6-8-11/h4-8,10H,9H2,1-3H3,(H,15,16). The van der Waals surface area contributed by atoms with Gasteiger partial charge in [0.05, 0.1) is 12.0 Å². The summed E-state index contributed by atoms with van der Waals surface area (Å²) in [5.41, 5.74) is 3.76. The molecule has 1 heterocycles. The van der Waals surface area contributed by atoms with Gasteiger partial charge in [-0.1, -0.05) is 51.1 Å². The van der Waals surface area contributed by atoms with Gasteiger partial charge in [-0.25, -0.2) is 4.98 Å². The number of hydrogen-bond donors (Lipinski definition) is 1. The van der Waals surface area contributed by atoms with Crippen LogP contribution in [0.5, 0.6) is 0 Å². The molecule has 0 saturated heterocycles. The number of aromatic nitrogens is 2. The van der Waals surface area contributed by atoms with Gasteiger partial charge in [0.25, 0.3) is 0 Å². The highest BCUT2D eigenvalue weighted by atomic mass is 14.9. The number of H-pyrrole nitrogens is 1. The molecule has 2 rings (SSSR count). The van der Waals surface area contributed by atoms with E-state index in [4.69, 9.17) is 0 Å². The monoisotopic (exact) mass is 214 g/mol. The Morgan fingerprint density at radius 2 is 1.81 bits per heavy atom. The highest BCUT2D eigenvalue weighted by Crippen LogP contribution is 2.26. The zero-order chi connectivity index (χ0) is 11.6. The lowest BCUT2D eigenvalue weighted by molar-refractivity contribution is 0.407. The fraction of sp³-hybridized carbons (Fsp3) is 0.357. The van der Waals surface area contributed by atoms with E-state index in [0.29, 0.717) is 0 Å². The number of benzene rings is 1. The molecule has 2 nitrogen and oxygen atoms in total. The van der Waals surface area contributed by atoms with Gasteiger partial charge in [0.1, 0.15) is 0 Å². The summed E-state index contributed by atoms with van der Waals surface area (Å²) < 4.78 is 0. The average Bonchev–Trinajstić information content (AvgIpc) is 2.64. The summed E-state index contributed by atoms with van der Waals surface area (Å²) in [7, 11) is 0. The molecule has 0 saturated carbocycles. The van der Waals surface area contributed by atoms with Crippen LogP contribution in [0.15, 0.2) is 36.7 Å². The van der Waals surface area contributed by atoms with Crippen LogP contribution >= 0.6 is 0 Å². The van der Waals surface area contributed by atoms with Crippen molar-refractivity contribution in [2.45, 2.75) is 27.2 Å². The van der Waals surface area contributed by atoms with Gasteiger partial charge in [-0.2, -0.15) is 0 Å². The molecule has 1 aromatic heterocycles. The molecule has 0 amide bonds. The first-order chi connectivity index (χ1) is 7.56. The van der Waals surface area contributed by atoms with Crippen molar-refractivity contribution in [3.63, 3.8) is 0 Å². The highest BCUT2D eigenvalue weighted by Gasteiger charge is 2.16. The Balaban J connectivity index is 2.33. The molecule has 2 aromatic rings. The van der Waals surface area contributed by atoms with E-state index in [1.54, 1.807) is 6.33 Å². The Hall–Kier alpha value is -1.57. The van der Waals surface area contributed by atoms with Crippen LogP contribution in [0.2, 0.25) is 0 Å². The normalized spacial score (nSPS) is 11.7. The number of aromatic amines is 1. The molecule has 0 radical (unpaired) electrons. The van der Waals surface area contributed by atoms with Crippen LogP contribution in [-0.4, -0.2) is 9.97 Å². The Bertz CT molecular complexity index is 449. The second-order valence-electron chi connectivity index (χ2n) is 5.33. The number of imidazole rings is 1. The topological polar surface area (TPSA) is 28.7 Å². The van der Waals surface area contributed by atoms with E-state index in [1.807, 2.05) is 18.2 Å². The summed E-state index contributed by atoms with van der Waals surface area (Å²) in [5.74, 6) is 0. The second-order valence-corrected chi connectivity index (χ2v) is 5.33. The number of nitrogens with one attached hydrogen (secondary N) is 1. The van der Waals surface area contributed by atoms with Gasteiger partial charge in [-0.3, -0.25) is 0 Å². The van der Waals surface area contributed by atoms with Gasteiger partial charge < -0.3 is 4.98 Å². The van der Waals surface area contributed by atoms with Crippen molar-refractivity contribution >= 4 is 0 Å². The third-order valence-corrected chi connectivity index (χ3v) is 2.47. The maximum Gasteiger partial charge on any atom is 0.0929 e. The lowest BCUT2D eigenvalue weighted by Gasteiger charge is -2.17.